The number of nitrogens with one attached hydrogen (secondary N) is 1. The number of amides is 2. The van der Waals surface area contributed by atoms with E-state index in [9.17, 15) is 9.59 Å². The predicted octanol–water partition coefficient (Wildman–Crippen LogP) is 1.33. The van der Waals surface area contributed by atoms with Crippen molar-refractivity contribution in [3.63, 3.8) is 0 Å². The lowest BCUT2D eigenvalue weighted by molar-refractivity contribution is -0.132. The van der Waals surface area contributed by atoms with Crippen molar-refractivity contribution in [2.75, 3.05) is 32.7 Å². The molecule has 2 aliphatic heterocycles. The molecule has 0 saturated carbocycles. The molecule has 1 aromatic rings. The topological polar surface area (TPSA) is 70.5 Å². The lowest BCUT2D eigenvalue weighted by Gasteiger charge is -2.34. The summed E-state index contributed by atoms with van der Waals surface area (Å²) in [5, 5.41) is 7.33. The van der Waals surface area contributed by atoms with E-state index in [1.54, 1.807) is 10.7 Å². The third-order valence-corrected chi connectivity index (χ3v) is 5.50. The molecule has 7 nitrogen and oxygen atoms in total. The molecule has 3 heterocycles. The van der Waals surface area contributed by atoms with Crippen LogP contribution in [0, 0.1) is 6.92 Å². The SMILES string of the molecule is Cc1cc(C(=O)NC2CCCN(CC(=O)N3CCCCCC3)C2)nn1C. The molecular formula is C19H31N5O2. The molecule has 7 heteroatoms. The molecule has 0 bridgehead atoms. The molecule has 1 N–H and O–H groups in total. The summed E-state index contributed by atoms with van der Waals surface area (Å²) in [5.41, 5.74) is 1.42. The van der Waals surface area contributed by atoms with Gasteiger partial charge in [0.2, 0.25) is 5.91 Å². The van der Waals surface area contributed by atoms with Gasteiger partial charge in [0, 0.05) is 38.4 Å². The van der Waals surface area contributed by atoms with Crippen molar-refractivity contribution in [3.8, 4) is 0 Å². The Morgan fingerprint density at radius 3 is 2.54 bits per heavy atom. The number of hydrogen-bond donors (Lipinski definition) is 1. The van der Waals surface area contributed by atoms with E-state index in [0.717, 1.165) is 57.6 Å². The fraction of sp³-hybridized carbons (Fsp3) is 0.737. The van der Waals surface area contributed by atoms with Gasteiger partial charge in [-0.25, -0.2) is 0 Å². The lowest BCUT2D eigenvalue weighted by atomic mass is 10.1. The third-order valence-electron chi connectivity index (χ3n) is 5.50. The van der Waals surface area contributed by atoms with Crippen LogP contribution in [-0.2, 0) is 11.8 Å². The fourth-order valence-corrected chi connectivity index (χ4v) is 3.86. The Labute approximate surface area is 155 Å². The zero-order chi connectivity index (χ0) is 18.5. The molecular weight excluding hydrogens is 330 g/mol. The Balaban J connectivity index is 1.50. The summed E-state index contributed by atoms with van der Waals surface area (Å²) in [4.78, 5) is 29.2. The van der Waals surface area contributed by atoms with E-state index in [1.807, 2.05) is 18.9 Å². The van der Waals surface area contributed by atoms with Gasteiger partial charge in [-0.3, -0.25) is 19.2 Å². The zero-order valence-electron chi connectivity index (χ0n) is 16.0. The number of rotatable bonds is 4. The summed E-state index contributed by atoms with van der Waals surface area (Å²) >= 11 is 0. The van der Waals surface area contributed by atoms with Crippen LogP contribution >= 0.6 is 0 Å². The summed E-state index contributed by atoms with van der Waals surface area (Å²) in [6, 6.07) is 1.88. The second-order valence-electron chi connectivity index (χ2n) is 7.64. The van der Waals surface area contributed by atoms with Gasteiger partial charge in [-0.2, -0.15) is 5.10 Å². The van der Waals surface area contributed by atoms with Crippen molar-refractivity contribution in [2.45, 2.75) is 51.5 Å². The first-order valence-electron chi connectivity index (χ1n) is 9.84. The first-order chi connectivity index (χ1) is 12.5. The maximum absolute atomic E-state index is 12.6. The number of aryl methyl sites for hydroxylation is 2. The third kappa shape index (κ3) is 4.84. The molecule has 0 aromatic carbocycles. The summed E-state index contributed by atoms with van der Waals surface area (Å²) in [7, 11) is 1.84. The highest BCUT2D eigenvalue weighted by Gasteiger charge is 2.26. The monoisotopic (exact) mass is 361 g/mol. The molecule has 2 aliphatic rings. The fourth-order valence-electron chi connectivity index (χ4n) is 3.86. The van der Waals surface area contributed by atoms with Crippen molar-refractivity contribution in [2.24, 2.45) is 7.05 Å². The van der Waals surface area contributed by atoms with Crippen molar-refractivity contribution in [3.05, 3.63) is 17.5 Å². The van der Waals surface area contributed by atoms with Gasteiger partial charge in [0.25, 0.3) is 5.91 Å². The molecule has 1 aromatic heterocycles. The predicted molar refractivity (Wildman–Crippen MR) is 99.9 cm³/mol. The minimum atomic E-state index is -0.126. The number of hydrogen-bond acceptors (Lipinski definition) is 4. The minimum Gasteiger partial charge on any atom is -0.347 e. The average molecular weight is 361 g/mol. The van der Waals surface area contributed by atoms with Gasteiger partial charge >= 0.3 is 0 Å². The maximum Gasteiger partial charge on any atom is 0.272 e. The normalized spacial score (nSPS) is 22.1. The van der Waals surface area contributed by atoms with E-state index in [-0.39, 0.29) is 17.9 Å². The maximum atomic E-state index is 12.6. The van der Waals surface area contributed by atoms with Crippen LogP contribution in [0.1, 0.15) is 54.7 Å². The molecule has 144 valence electrons. The zero-order valence-corrected chi connectivity index (χ0v) is 16.0. The van der Waals surface area contributed by atoms with Crippen LogP contribution < -0.4 is 5.32 Å². The van der Waals surface area contributed by atoms with Crippen molar-refractivity contribution in [1.29, 1.82) is 0 Å². The van der Waals surface area contributed by atoms with Crippen LogP contribution in [0.25, 0.3) is 0 Å². The number of aromatic nitrogens is 2. The largest absolute Gasteiger partial charge is 0.347 e. The lowest BCUT2D eigenvalue weighted by Crippen LogP contribution is -2.50. The number of piperidine rings is 1. The molecule has 3 rings (SSSR count). The highest BCUT2D eigenvalue weighted by molar-refractivity contribution is 5.92. The standard InChI is InChI=1S/C19H31N5O2/c1-15-12-17(21-22(15)2)19(26)20-16-8-7-9-23(13-16)14-18(25)24-10-5-3-4-6-11-24/h12,16H,3-11,13-14H2,1-2H3,(H,20,26). The van der Waals surface area contributed by atoms with Crippen LogP contribution in [0.5, 0.6) is 0 Å². The molecule has 1 unspecified atom stereocenters. The van der Waals surface area contributed by atoms with E-state index >= 15 is 0 Å². The first kappa shape index (κ1) is 18.9. The molecule has 0 radical (unpaired) electrons. The smallest absolute Gasteiger partial charge is 0.272 e. The van der Waals surface area contributed by atoms with E-state index in [1.165, 1.54) is 12.8 Å². The van der Waals surface area contributed by atoms with Crippen LogP contribution in [0.3, 0.4) is 0 Å². The highest BCUT2D eigenvalue weighted by Crippen LogP contribution is 2.14. The number of likely N-dealkylation sites (tertiary alicyclic amines) is 2. The van der Waals surface area contributed by atoms with E-state index in [4.69, 9.17) is 0 Å². The number of carbonyl (C=O) groups excluding carboxylic acids is 2. The second-order valence-corrected chi connectivity index (χ2v) is 7.64. The molecule has 2 amide bonds. The van der Waals surface area contributed by atoms with E-state index in [2.05, 4.69) is 15.3 Å². The minimum absolute atomic E-state index is 0.0792. The van der Waals surface area contributed by atoms with Gasteiger partial charge in [0.1, 0.15) is 5.69 Å². The Morgan fingerprint density at radius 2 is 1.88 bits per heavy atom. The van der Waals surface area contributed by atoms with Gasteiger partial charge in [-0.1, -0.05) is 12.8 Å². The first-order valence-corrected chi connectivity index (χ1v) is 9.84. The van der Waals surface area contributed by atoms with E-state index in [0.29, 0.717) is 12.2 Å². The quantitative estimate of drug-likeness (QED) is 0.878. The number of nitrogens with zero attached hydrogens (tertiary/aromatic N) is 4. The van der Waals surface area contributed by atoms with Gasteiger partial charge in [0.15, 0.2) is 0 Å². The molecule has 2 fully saturated rings. The molecule has 26 heavy (non-hydrogen) atoms. The van der Waals surface area contributed by atoms with E-state index < -0.39 is 0 Å². The molecule has 0 spiro atoms. The average Bonchev–Trinajstić information content (AvgIpc) is 2.82. The van der Waals surface area contributed by atoms with Crippen LogP contribution in [0.4, 0.5) is 0 Å². The van der Waals surface area contributed by atoms with Crippen LogP contribution in [0.15, 0.2) is 6.07 Å². The Hall–Kier alpha value is -1.89. The Kier molecular flexibility index (Phi) is 6.29. The second kappa shape index (κ2) is 8.66. The summed E-state index contributed by atoms with van der Waals surface area (Å²) in [5.74, 6) is 0.110. The highest BCUT2D eigenvalue weighted by atomic mass is 16.2. The molecule has 0 aliphatic carbocycles. The summed E-state index contributed by atoms with van der Waals surface area (Å²) < 4.78 is 1.71. The van der Waals surface area contributed by atoms with Gasteiger partial charge in [0.05, 0.1) is 6.54 Å². The van der Waals surface area contributed by atoms with Crippen molar-refractivity contribution >= 4 is 11.8 Å². The summed E-state index contributed by atoms with van der Waals surface area (Å²) in [6.45, 7) is 5.85. The van der Waals surface area contributed by atoms with Crippen molar-refractivity contribution in [1.82, 2.24) is 24.9 Å². The van der Waals surface area contributed by atoms with Gasteiger partial charge < -0.3 is 10.2 Å². The molecule has 1 atom stereocenters. The van der Waals surface area contributed by atoms with Gasteiger partial charge in [-0.05, 0) is 45.2 Å². The van der Waals surface area contributed by atoms with Crippen LogP contribution in [0.2, 0.25) is 0 Å². The Bertz CT molecular complexity index is 614. The summed E-state index contributed by atoms with van der Waals surface area (Å²) in [6.07, 6.45) is 6.65. The van der Waals surface area contributed by atoms with Gasteiger partial charge in [-0.15, -0.1) is 0 Å². The van der Waals surface area contributed by atoms with Crippen molar-refractivity contribution < 1.29 is 9.59 Å². The molecule has 2 saturated heterocycles. The number of carbonyl (C=O) groups is 2. The Morgan fingerprint density at radius 1 is 1.15 bits per heavy atom. The van der Waals surface area contributed by atoms with Crippen LogP contribution in [-0.4, -0.2) is 70.2 Å².